The number of benzene rings is 2. The zero-order valence-corrected chi connectivity index (χ0v) is 18.0. The van der Waals surface area contributed by atoms with Gasteiger partial charge in [0.2, 0.25) is 0 Å². The Labute approximate surface area is 190 Å². The van der Waals surface area contributed by atoms with E-state index in [4.69, 9.17) is 4.74 Å². The second kappa shape index (κ2) is 9.95. The number of nitrogens with one attached hydrogen (secondary N) is 3. The topological polar surface area (TPSA) is 96.1 Å². The van der Waals surface area contributed by atoms with E-state index in [1.165, 1.54) is 12.1 Å². The molecule has 4 aromatic rings. The second-order valence-electron chi connectivity index (χ2n) is 7.37. The Bertz CT molecular complexity index is 1260. The van der Waals surface area contributed by atoms with Crippen LogP contribution in [0, 0.1) is 5.82 Å². The van der Waals surface area contributed by atoms with Gasteiger partial charge in [-0.2, -0.15) is 0 Å². The molecule has 2 amide bonds. The number of esters is 1. The minimum Gasteiger partial charge on any atom is -0.466 e. The summed E-state index contributed by atoms with van der Waals surface area (Å²) in [5.41, 5.74) is 3.26. The molecule has 168 valence electrons. The monoisotopic (exact) mass is 446 g/mol. The van der Waals surface area contributed by atoms with Crippen molar-refractivity contribution in [1.29, 1.82) is 0 Å². The number of hydrogen-bond donors (Lipinski definition) is 3. The molecule has 0 saturated heterocycles. The fourth-order valence-corrected chi connectivity index (χ4v) is 3.66. The minimum atomic E-state index is -0.600. The Hall–Kier alpha value is -4.20. The molecule has 2 heterocycles. The molecule has 0 bridgehead atoms. The van der Waals surface area contributed by atoms with Gasteiger partial charge in [0.05, 0.1) is 30.5 Å². The SMILES string of the molecule is CCOC(=O)C[C@@H](NC(=O)Nc1c(-c2ccncc2)[nH]c2ccc(F)cc12)c1ccccc1. The van der Waals surface area contributed by atoms with Gasteiger partial charge in [-0.3, -0.25) is 9.78 Å². The van der Waals surface area contributed by atoms with Crippen LogP contribution >= 0.6 is 0 Å². The van der Waals surface area contributed by atoms with E-state index < -0.39 is 23.9 Å². The van der Waals surface area contributed by atoms with E-state index in [1.807, 2.05) is 30.3 Å². The van der Waals surface area contributed by atoms with Crippen LogP contribution in [0.5, 0.6) is 0 Å². The summed E-state index contributed by atoms with van der Waals surface area (Å²) >= 11 is 0. The van der Waals surface area contributed by atoms with Gasteiger partial charge in [0.1, 0.15) is 5.82 Å². The Morgan fingerprint density at radius 1 is 1.09 bits per heavy atom. The molecule has 0 aliphatic carbocycles. The van der Waals surface area contributed by atoms with Crippen molar-refractivity contribution < 1.29 is 18.7 Å². The summed E-state index contributed by atoms with van der Waals surface area (Å²) < 4.78 is 19.1. The lowest BCUT2D eigenvalue weighted by atomic mass is 10.0. The lowest BCUT2D eigenvalue weighted by molar-refractivity contribution is -0.143. The molecule has 33 heavy (non-hydrogen) atoms. The number of amides is 2. The Balaban J connectivity index is 1.64. The van der Waals surface area contributed by atoms with Gasteiger partial charge in [0, 0.05) is 28.9 Å². The number of carbonyl (C=O) groups is 2. The predicted octanol–water partition coefficient (Wildman–Crippen LogP) is 5.19. The van der Waals surface area contributed by atoms with Crippen molar-refractivity contribution in [3.63, 3.8) is 0 Å². The summed E-state index contributed by atoms with van der Waals surface area (Å²) in [6, 6.07) is 15.9. The van der Waals surface area contributed by atoms with Crippen molar-refractivity contribution in [3.05, 3.63) is 84.4 Å². The molecule has 2 aromatic heterocycles. The van der Waals surface area contributed by atoms with Crippen molar-refractivity contribution in [2.24, 2.45) is 0 Å². The molecule has 4 rings (SSSR count). The average Bonchev–Trinajstić information content (AvgIpc) is 3.17. The lowest BCUT2D eigenvalue weighted by Crippen LogP contribution is -2.34. The van der Waals surface area contributed by atoms with Crippen LogP contribution < -0.4 is 10.6 Å². The molecule has 0 aliphatic heterocycles. The number of hydrogen-bond acceptors (Lipinski definition) is 4. The highest BCUT2D eigenvalue weighted by Gasteiger charge is 2.21. The number of pyridine rings is 1. The predicted molar refractivity (Wildman–Crippen MR) is 124 cm³/mol. The van der Waals surface area contributed by atoms with E-state index in [1.54, 1.807) is 37.5 Å². The summed E-state index contributed by atoms with van der Waals surface area (Å²) in [6.45, 7) is 1.98. The van der Waals surface area contributed by atoms with Gasteiger partial charge in [0.25, 0.3) is 0 Å². The third kappa shape index (κ3) is 5.17. The lowest BCUT2D eigenvalue weighted by Gasteiger charge is -2.19. The summed E-state index contributed by atoms with van der Waals surface area (Å²) in [7, 11) is 0. The number of carbonyl (C=O) groups excluding carboxylic acids is 2. The molecular formula is C25H23FN4O3. The molecular weight excluding hydrogens is 423 g/mol. The number of fused-ring (bicyclic) bond motifs is 1. The van der Waals surface area contributed by atoms with E-state index in [0.29, 0.717) is 22.3 Å². The Morgan fingerprint density at radius 2 is 1.85 bits per heavy atom. The molecule has 3 N–H and O–H groups in total. The van der Waals surface area contributed by atoms with Crippen molar-refractivity contribution in [1.82, 2.24) is 15.3 Å². The van der Waals surface area contributed by atoms with Crippen LogP contribution in [0.2, 0.25) is 0 Å². The smallest absolute Gasteiger partial charge is 0.319 e. The van der Waals surface area contributed by atoms with Gasteiger partial charge in [-0.05, 0) is 42.8 Å². The molecule has 7 nitrogen and oxygen atoms in total. The van der Waals surface area contributed by atoms with Crippen LogP contribution in [-0.2, 0) is 9.53 Å². The van der Waals surface area contributed by atoms with Crippen molar-refractivity contribution >= 4 is 28.6 Å². The molecule has 0 radical (unpaired) electrons. The van der Waals surface area contributed by atoms with Gasteiger partial charge < -0.3 is 20.4 Å². The van der Waals surface area contributed by atoms with E-state index in [-0.39, 0.29) is 13.0 Å². The molecule has 2 aromatic carbocycles. The zero-order valence-electron chi connectivity index (χ0n) is 18.0. The van der Waals surface area contributed by atoms with Crippen molar-refractivity contribution in [2.75, 3.05) is 11.9 Å². The molecule has 0 fully saturated rings. The maximum atomic E-state index is 14.0. The van der Waals surface area contributed by atoms with E-state index in [9.17, 15) is 14.0 Å². The summed E-state index contributed by atoms with van der Waals surface area (Å²) in [4.78, 5) is 32.4. The molecule has 1 atom stereocenters. The van der Waals surface area contributed by atoms with Crippen molar-refractivity contribution in [2.45, 2.75) is 19.4 Å². The highest BCUT2D eigenvalue weighted by molar-refractivity contribution is 6.07. The largest absolute Gasteiger partial charge is 0.466 e. The van der Waals surface area contributed by atoms with Gasteiger partial charge >= 0.3 is 12.0 Å². The van der Waals surface area contributed by atoms with Crippen LogP contribution in [0.25, 0.3) is 22.2 Å². The van der Waals surface area contributed by atoms with E-state index in [0.717, 1.165) is 11.1 Å². The number of aromatic nitrogens is 2. The van der Waals surface area contributed by atoms with Gasteiger partial charge in [-0.25, -0.2) is 9.18 Å². The highest BCUT2D eigenvalue weighted by Crippen LogP contribution is 2.35. The van der Waals surface area contributed by atoms with Crippen LogP contribution in [0.3, 0.4) is 0 Å². The Morgan fingerprint density at radius 3 is 2.58 bits per heavy atom. The molecule has 8 heteroatoms. The van der Waals surface area contributed by atoms with Gasteiger partial charge in [-0.1, -0.05) is 30.3 Å². The molecule has 0 aliphatic rings. The van der Waals surface area contributed by atoms with Crippen LogP contribution in [0.4, 0.5) is 14.9 Å². The fraction of sp³-hybridized carbons (Fsp3) is 0.160. The van der Waals surface area contributed by atoms with E-state index >= 15 is 0 Å². The summed E-state index contributed by atoms with van der Waals surface area (Å²) in [6.07, 6.45) is 3.25. The number of rotatable bonds is 7. The van der Waals surface area contributed by atoms with Crippen LogP contribution in [-0.4, -0.2) is 28.6 Å². The molecule has 0 saturated carbocycles. The van der Waals surface area contributed by atoms with Gasteiger partial charge in [0.15, 0.2) is 0 Å². The number of H-pyrrole nitrogens is 1. The number of nitrogens with zero attached hydrogens (tertiary/aromatic N) is 1. The van der Waals surface area contributed by atoms with Crippen molar-refractivity contribution in [3.8, 4) is 11.3 Å². The van der Waals surface area contributed by atoms with E-state index in [2.05, 4.69) is 20.6 Å². The number of anilines is 1. The molecule has 0 spiro atoms. The minimum absolute atomic E-state index is 0.0228. The molecule has 0 unspecified atom stereocenters. The maximum absolute atomic E-state index is 14.0. The first-order valence-electron chi connectivity index (χ1n) is 10.5. The number of ether oxygens (including phenoxy) is 1. The fourth-order valence-electron chi connectivity index (χ4n) is 3.66. The average molecular weight is 446 g/mol. The zero-order chi connectivity index (χ0) is 23.2. The quantitative estimate of drug-likeness (QED) is 0.341. The first-order valence-corrected chi connectivity index (χ1v) is 10.5. The number of halogens is 1. The maximum Gasteiger partial charge on any atom is 0.319 e. The normalized spacial score (nSPS) is 11.7. The second-order valence-corrected chi connectivity index (χ2v) is 7.37. The van der Waals surface area contributed by atoms with Gasteiger partial charge in [-0.15, -0.1) is 0 Å². The third-order valence-electron chi connectivity index (χ3n) is 5.15. The third-order valence-corrected chi connectivity index (χ3v) is 5.15. The number of urea groups is 1. The number of aromatic amines is 1. The van der Waals surface area contributed by atoms with Crippen LogP contribution in [0.15, 0.2) is 73.1 Å². The first kappa shape index (κ1) is 22.0. The standard InChI is InChI=1S/C25H23FN4O3/c1-2-33-22(31)15-21(16-6-4-3-5-7-16)29-25(32)30-24-19-14-18(26)8-9-20(19)28-23(24)17-10-12-27-13-11-17/h3-14,21,28H,2,15H2,1H3,(H2,29,30,32)/t21-/m1/s1. The first-order chi connectivity index (χ1) is 16.0. The summed E-state index contributed by atoms with van der Waals surface area (Å²) in [5.74, 6) is -0.839. The highest BCUT2D eigenvalue weighted by atomic mass is 19.1. The summed E-state index contributed by atoms with van der Waals surface area (Å²) in [5, 5.41) is 6.22. The van der Waals surface area contributed by atoms with Crippen LogP contribution in [0.1, 0.15) is 24.9 Å². The Kier molecular flexibility index (Phi) is 6.64.